The molecule has 1 saturated heterocycles. The number of halogens is 1. The lowest BCUT2D eigenvalue weighted by atomic mass is 10.2. The van der Waals surface area contributed by atoms with Gasteiger partial charge in [-0.25, -0.2) is 14.5 Å². The van der Waals surface area contributed by atoms with Crippen LogP contribution in [0.25, 0.3) is 17.0 Å². The highest BCUT2D eigenvalue weighted by Gasteiger charge is 2.17. The molecule has 3 heterocycles. The Kier molecular flexibility index (Phi) is 3.94. The Morgan fingerprint density at radius 3 is 2.92 bits per heavy atom. The fraction of sp³-hybridized carbons (Fsp3) is 0.267. The number of hydrogen-bond acceptors (Lipinski definition) is 6. The number of carbonyl (C=O) groups is 1. The monoisotopic (exact) mass is 363 g/mol. The third kappa shape index (κ3) is 3.11. The second-order valence-corrected chi connectivity index (χ2v) is 5.88. The molecule has 4 rings (SSSR count). The van der Waals surface area contributed by atoms with Crippen LogP contribution in [-0.4, -0.2) is 57.3 Å². The van der Waals surface area contributed by atoms with E-state index >= 15 is 0 Å². The molecule has 1 aliphatic heterocycles. The van der Waals surface area contributed by atoms with Gasteiger partial charge in [-0.1, -0.05) is 11.6 Å². The van der Waals surface area contributed by atoms with E-state index in [2.05, 4.69) is 24.7 Å². The Labute approximate surface area is 146 Å². The van der Waals surface area contributed by atoms with Crippen molar-refractivity contribution >= 4 is 34.5 Å². The maximum Gasteiger partial charge on any atom is 0.511 e. The lowest BCUT2D eigenvalue weighted by Crippen LogP contribution is -2.36. The zero-order chi connectivity index (χ0) is 17.4. The van der Waals surface area contributed by atoms with Crippen LogP contribution in [0.15, 0.2) is 24.5 Å². The van der Waals surface area contributed by atoms with Gasteiger partial charge in [-0.3, -0.25) is 0 Å². The van der Waals surface area contributed by atoms with E-state index in [9.17, 15) is 4.79 Å². The Morgan fingerprint density at radius 1 is 1.36 bits per heavy atom. The van der Waals surface area contributed by atoms with E-state index in [1.54, 1.807) is 0 Å². The Morgan fingerprint density at radius 2 is 2.16 bits per heavy atom. The number of morpholine rings is 1. The maximum atomic E-state index is 10.6. The summed E-state index contributed by atoms with van der Waals surface area (Å²) in [4.78, 5) is 20.3. The quantitative estimate of drug-likeness (QED) is 0.688. The summed E-state index contributed by atoms with van der Waals surface area (Å²) in [6.45, 7) is 2.88. The van der Waals surface area contributed by atoms with E-state index in [1.165, 1.54) is 17.1 Å². The summed E-state index contributed by atoms with van der Waals surface area (Å²) in [6, 6.07) is 3.73. The minimum Gasteiger partial charge on any atom is -0.449 e. The van der Waals surface area contributed by atoms with Crippen molar-refractivity contribution in [2.75, 3.05) is 31.2 Å². The van der Waals surface area contributed by atoms with E-state index < -0.39 is 6.16 Å². The number of anilines is 1. The molecule has 0 bridgehead atoms. The van der Waals surface area contributed by atoms with Gasteiger partial charge in [-0.2, -0.15) is 5.10 Å². The van der Waals surface area contributed by atoms with Gasteiger partial charge < -0.3 is 24.5 Å². The first kappa shape index (κ1) is 15.7. The predicted molar refractivity (Wildman–Crippen MR) is 89.9 cm³/mol. The summed E-state index contributed by atoms with van der Waals surface area (Å²) < 4.78 is 11.3. The van der Waals surface area contributed by atoms with Gasteiger partial charge in [-0.05, 0) is 12.1 Å². The van der Waals surface area contributed by atoms with E-state index in [0.29, 0.717) is 24.2 Å². The Bertz CT molecular complexity index is 931. The average molecular weight is 364 g/mol. The van der Waals surface area contributed by atoms with Crippen LogP contribution in [-0.2, 0) is 4.74 Å². The Hall–Kier alpha value is -2.78. The van der Waals surface area contributed by atoms with Gasteiger partial charge in [0.05, 0.1) is 47.4 Å². The highest BCUT2D eigenvalue weighted by Crippen LogP contribution is 2.31. The van der Waals surface area contributed by atoms with Crippen LogP contribution in [0.5, 0.6) is 5.75 Å². The molecule has 1 fully saturated rings. The highest BCUT2D eigenvalue weighted by atomic mass is 35.5. The largest absolute Gasteiger partial charge is 0.511 e. The first-order chi connectivity index (χ1) is 12.1. The molecule has 0 amide bonds. The summed E-state index contributed by atoms with van der Waals surface area (Å²) in [5, 5.41) is 13.3. The summed E-state index contributed by atoms with van der Waals surface area (Å²) in [5.74, 6) is 0.547. The predicted octanol–water partition coefficient (Wildman–Crippen LogP) is 2.30. The number of carboxylic acid groups (broad SMARTS) is 1. The average Bonchev–Trinajstić information content (AvgIpc) is 3.20. The second kappa shape index (κ2) is 6.26. The molecule has 25 heavy (non-hydrogen) atoms. The van der Waals surface area contributed by atoms with Crippen LogP contribution in [0.3, 0.4) is 0 Å². The van der Waals surface area contributed by atoms with Gasteiger partial charge in [0.1, 0.15) is 0 Å². The van der Waals surface area contributed by atoms with Crippen molar-refractivity contribution < 1.29 is 19.4 Å². The molecule has 2 aromatic heterocycles. The highest BCUT2D eigenvalue weighted by molar-refractivity contribution is 6.34. The van der Waals surface area contributed by atoms with E-state index in [-0.39, 0.29) is 5.75 Å². The molecule has 9 nitrogen and oxygen atoms in total. The van der Waals surface area contributed by atoms with Crippen molar-refractivity contribution in [1.29, 1.82) is 0 Å². The van der Waals surface area contributed by atoms with Gasteiger partial charge in [-0.15, -0.1) is 0 Å². The molecule has 2 N–H and O–H groups in total. The summed E-state index contributed by atoms with van der Waals surface area (Å²) in [5.41, 5.74) is 2.40. The number of ether oxygens (including phenoxy) is 2. The van der Waals surface area contributed by atoms with Gasteiger partial charge in [0.25, 0.3) is 0 Å². The van der Waals surface area contributed by atoms with Crippen LogP contribution in [0, 0.1) is 0 Å². The number of benzene rings is 1. The van der Waals surface area contributed by atoms with E-state index in [1.807, 2.05) is 12.1 Å². The second-order valence-electron chi connectivity index (χ2n) is 5.47. The van der Waals surface area contributed by atoms with Gasteiger partial charge in [0.2, 0.25) is 5.95 Å². The number of imidazole rings is 1. The molecular weight excluding hydrogens is 350 g/mol. The molecule has 1 aromatic carbocycles. The van der Waals surface area contributed by atoms with Crippen LogP contribution in [0.1, 0.15) is 0 Å². The standard InChI is InChI=1S/C15H14ClN5O4/c16-10-5-11-12(6-13(10)20-1-3-24-4-2-20)19-14(18-11)21-8-9(7-17-21)25-15(22)23/h5-8H,1-4H2,(H,18,19)(H,22,23). The zero-order valence-electron chi connectivity index (χ0n) is 13.0. The summed E-state index contributed by atoms with van der Waals surface area (Å²) in [7, 11) is 0. The first-order valence-corrected chi connectivity index (χ1v) is 7.96. The zero-order valence-corrected chi connectivity index (χ0v) is 13.7. The van der Waals surface area contributed by atoms with E-state index in [0.717, 1.165) is 29.8 Å². The summed E-state index contributed by atoms with van der Waals surface area (Å²) >= 11 is 6.42. The van der Waals surface area contributed by atoms with Gasteiger partial charge in [0.15, 0.2) is 5.75 Å². The molecule has 0 saturated carbocycles. The molecule has 0 spiro atoms. The van der Waals surface area contributed by atoms with Crippen molar-refractivity contribution in [3.05, 3.63) is 29.5 Å². The molecular formula is C15H14ClN5O4. The number of hydrogen-bond donors (Lipinski definition) is 2. The first-order valence-electron chi connectivity index (χ1n) is 7.58. The van der Waals surface area contributed by atoms with Crippen molar-refractivity contribution in [2.45, 2.75) is 0 Å². The smallest absolute Gasteiger partial charge is 0.449 e. The number of nitrogens with zero attached hydrogens (tertiary/aromatic N) is 4. The van der Waals surface area contributed by atoms with Crippen LogP contribution < -0.4 is 9.64 Å². The van der Waals surface area contributed by atoms with Crippen LogP contribution in [0.4, 0.5) is 10.5 Å². The van der Waals surface area contributed by atoms with Crippen molar-refractivity contribution in [3.63, 3.8) is 0 Å². The fourth-order valence-corrected chi connectivity index (χ4v) is 3.02. The number of H-pyrrole nitrogens is 1. The molecule has 0 aliphatic carbocycles. The number of aromatic nitrogens is 4. The minimum absolute atomic E-state index is 0.111. The molecule has 130 valence electrons. The third-order valence-electron chi connectivity index (χ3n) is 3.87. The van der Waals surface area contributed by atoms with E-state index in [4.69, 9.17) is 21.4 Å². The number of aromatic amines is 1. The fourth-order valence-electron chi connectivity index (χ4n) is 2.74. The molecule has 10 heteroatoms. The molecule has 0 unspecified atom stereocenters. The van der Waals surface area contributed by atoms with Crippen molar-refractivity contribution in [2.24, 2.45) is 0 Å². The van der Waals surface area contributed by atoms with Crippen LogP contribution in [0.2, 0.25) is 5.02 Å². The van der Waals surface area contributed by atoms with Crippen molar-refractivity contribution in [3.8, 4) is 11.7 Å². The number of rotatable bonds is 3. The maximum absolute atomic E-state index is 10.6. The normalized spacial score (nSPS) is 14.8. The molecule has 0 atom stereocenters. The SMILES string of the molecule is O=C(O)Oc1cnn(-c2nc3cc(N4CCOCC4)c(Cl)cc3[nH]2)c1. The lowest BCUT2D eigenvalue weighted by molar-refractivity contribution is 0.122. The molecule has 3 aromatic rings. The number of fused-ring (bicyclic) bond motifs is 1. The van der Waals surface area contributed by atoms with Gasteiger partial charge >= 0.3 is 6.16 Å². The molecule has 1 aliphatic rings. The van der Waals surface area contributed by atoms with Crippen LogP contribution >= 0.6 is 11.6 Å². The minimum atomic E-state index is -1.40. The Balaban J connectivity index is 1.67. The topological polar surface area (TPSA) is 106 Å². The lowest BCUT2D eigenvalue weighted by Gasteiger charge is -2.29. The van der Waals surface area contributed by atoms with Gasteiger partial charge in [0, 0.05) is 13.1 Å². The number of nitrogens with one attached hydrogen (secondary N) is 1. The third-order valence-corrected chi connectivity index (χ3v) is 4.17. The summed E-state index contributed by atoms with van der Waals surface area (Å²) in [6.07, 6.45) is 1.33. The van der Waals surface area contributed by atoms with Crippen molar-refractivity contribution in [1.82, 2.24) is 19.7 Å². The molecule has 0 radical (unpaired) electrons.